The molecular weight excluding hydrogens is 300 g/mol. The molecule has 2 rings (SSSR count). The fourth-order valence-electron chi connectivity index (χ4n) is 2.09. The predicted octanol–water partition coefficient (Wildman–Crippen LogP) is 1.48. The molecule has 1 aromatic rings. The minimum Gasteiger partial charge on any atom is -0.481 e. The molecule has 1 atom stereocenters. The van der Waals surface area contributed by atoms with Gasteiger partial charge in [-0.25, -0.2) is 4.98 Å². The average molecular weight is 322 g/mol. The van der Waals surface area contributed by atoms with Gasteiger partial charge in [0.25, 0.3) is 5.91 Å². The topological polar surface area (TPSA) is 97.8 Å². The Bertz CT molecular complexity index is 567. The summed E-state index contributed by atoms with van der Waals surface area (Å²) in [7, 11) is 0. The van der Waals surface area contributed by atoms with Crippen molar-refractivity contribution < 1.29 is 24.2 Å². The summed E-state index contributed by atoms with van der Waals surface area (Å²) in [5.74, 6) is -0.773. The van der Waals surface area contributed by atoms with E-state index in [4.69, 9.17) is 14.6 Å². The maximum Gasteiger partial charge on any atom is 0.309 e. The van der Waals surface area contributed by atoms with Crippen molar-refractivity contribution in [2.24, 2.45) is 5.41 Å². The number of ether oxygens (including phenoxy) is 2. The number of hydrogen-bond acceptors (Lipinski definition) is 5. The highest BCUT2D eigenvalue weighted by atomic mass is 16.5. The molecule has 7 nitrogen and oxygen atoms in total. The highest BCUT2D eigenvalue weighted by Crippen LogP contribution is 2.19. The lowest BCUT2D eigenvalue weighted by Crippen LogP contribution is -2.32. The van der Waals surface area contributed by atoms with Crippen molar-refractivity contribution in [2.75, 3.05) is 19.8 Å². The summed E-state index contributed by atoms with van der Waals surface area (Å²) in [5.41, 5.74) is -0.440. The van der Waals surface area contributed by atoms with Crippen LogP contribution < -0.4 is 10.1 Å². The van der Waals surface area contributed by atoms with E-state index >= 15 is 0 Å². The van der Waals surface area contributed by atoms with Gasteiger partial charge in [-0.05, 0) is 26.3 Å². The first-order valence-electron chi connectivity index (χ1n) is 7.60. The zero-order valence-corrected chi connectivity index (χ0v) is 13.4. The largest absolute Gasteiger partial charge is 0.481 e. The van der Waals surface area contributed by atoms with Gasteiger partial charge in [-0.15, -0.1) is 0 Å². The predicted molar refractivity (Wildman–Crippen MR) is 82.5 cm³/mol. The molecule has 0 bridgehead atoms. The Hall–Kier alpha value is -2.15. The van der Waals surface area contributed by atoms with Gasteiger partial charge in [0, 0.05) is 30.8 Å². The number of nitrogens with one attached hydrogen (secondary N) is 1. The Morgan fingerprint density at radius 2 is 2.30 bits per heavy atom. The molecule has 7 heteroatoms. The quantitative estimate of drug-likeness (QED) is 0.789. The van der Waals surface area contributed by atoms with Crippen LogP contribution >= 0.6 is 0 Å². The monoisotopic (exact) mass is 322 g/mol. The molecule has 0 aliphatic carbocycles. The number of pyridine rings is 1. The number of aliphatic carboxylic acids is 1. The normalized spacial score (nSPS) is 17.7. The van der Waals surface area contributed by atoms with Crippen LogP contribution in [0, 0.1) is 5.41 Å². The van der Waals surface area contributed by atoms with Gasteiger partial charge in [-0.1, -0.05) is 0 Å². The zero-order chi connectivity index (χ0) is 16.9. The van der Waals surface area contributed by atoms with E-state index in [2.05, 4.69) is 10.3 Å². The van der Waals surface area contributed by atoms with Crippen LogP contribution in [0.25, 0.3) is 0 Å². The number of hydrogen-bond donors (Lipinski definition) is 2. The number of aromatic nitrogens is 1. The van der Waals surface area contributed by atoms with Crippen LogP contribution in [0.1, 0.15) is 37.0 Å². The third-order valence-electron chi connectivity index (χ3n) is 3.79. The van der Waals surface area contributed by atoms with Crippen molar-refractivity contribution in [3.05, 3.63) is 23.9 Å². The number of nitrogens with zero attached hydrogens (tertiary/aromatic N) is 1. The van der Waals surface area contributed by atoms with Crippen molar-refractivity contribution in [2.45, 2.75) is 32.8 Å². The maximum atomic E-state index is 12.1. The Labute approximate surface area is 135 Å². The van der Waals surface area contributed by atoms with E-state index in [1.165, 1.54) is 6.20 Å². The van der Waals surface area contributed by atoms with Crippen LogP contribution in [0.5, 0.6) is 5.88 Å². The molecule has 0 spiro atoms. The van der Waals surface area contributed by atoms with Crippen molar-refractivity contribution in [3.8, 4) is 5.88 Å². The maximum absolute atomic E-state index is 12.1. The highest BCUT2D eigenvalue weighted by molar-refractivity contribution is 5.94. The van der Waals surface area contributed by atoms with E-state index in [1.54, 1.807) is 26.0 Å². The fraction of sp³-hybridized carbons (Fsp3) is 0.562. The van der Waals surface area contributed by atoms with Crippen LogP contribution in [0.4, 0.5) is 0 Å². The number of rotatable bonds is 7. The van der Waals surface area contributed by atoms with Crippen LogP contribution in [0.15, 0.2) is 18.3 Å². The van der Waals surface area contributed by atoms with Crippen LogP contribution in [0.3, 0.4) is 0 Å². The van der Waals surface area contributed by atoms with Gasteiger partial charge in [-0.3, -0.25) is 9.59 Å². The molecule has 0 radical (unpaired) electrons. The minimum absolute atomic E-state index is 0.0304. The summed E-state index contributed by atoms with van der Waals surface area (Å²) >= 11 is 0. The number of amides is 1. The lowest BCUT2D eigenvalue weighted by atomic mass is 9.90. The van der Waals surface area contributed by atoms with E-state index in [9.17, 15) is 9.59 Å². The highest BCUT2D eigenvalue weighted by Gasteiger charge is 2.26. The fourth-order valence-corrected chi connectivity index (χ4v) is 2.09. The first-order valence-corrected chi connectivity index (χ1v) is 7.60. The molecule has 0 saturated carbocycles. The van der Waals surface area contributed by atoms with Gasteiger partial charge in [0.15, 0.2) is 0 Å². The number of carboxylic acids is 1. The first-order chi connectivity index (χ1) is 10.9. The Kier molecular flexibility index (Phi) is 5.54. The van der Waals surface area contributed by atoms with Crippen LogP contribution in [-0.4, -0.2) is 47.8 Å². The van der Waals surface area contributed by atoms with Gasteiger partial charge in [0.2, 0.25) is 5.88 Å². The Morgan fingerprint density at radius 3 is 2.96 bits per heavy atom. The van der Waals surface area contributed by atoms with Gasteiger partial charge >= 0.3 is 5.97 Å². The molecule has 0 aromatic carbocycles. The molecule has 1 saturated heterocycles. The summed E-state index contributed by atoms with van der Waals surface area (Å²) in [4.78, 5) is 27.2. The Morgan fingerprint density at radius 1 is 1.52 bits per heavy atom. The number of carbonyl (C=O) groups is 2. The second-order valence-electron chi connectivity index (χ2n) is 6.18. The second-order valence-corrected chi connectivity index (χ2v) is 6.18. The SMILES string of the molecule is CC(C)(CCNC(=O)c1ccnc(OC2CCOC2)c1)C(=O)O. The standard InChI is InChI=1S/C16H22N2O5/c1-16(2,15(20)21)5-7-18-14(19)11-3-6-17-13(9-11)23-12-4-8-22-10-12/h3,6,9,12H,4-5,7-8,10H2,1-2H3,(H,18,19)(H,20,21). The van der Waals surface area contributed by atoms with Crippen molar-refractivity contribution in [1.29, 1.82) is 0 Å². The Balaban J connectivity index is 1.88. The molecule has 1 fully saturated rings. The van der Waals surface area contributed by atoms with E-state index in [0.29, 0.717) is 31.1 Å². The molecular formula is C16H22N2O5. The summed E-state index contributed by atoms with van der Waals surface area (Å²) in [6.45, 7) is 4.74. The molecule has 1 aromatic heterocycles. The van der Waals surface area contributed by atoms with E-state index in [-0.39, 0.29) is 18.6 Å². The summed E-state index contributed by atoms with van der Waals surface area (Å²) in [5, 5.41) is 11.8. The van der Waals surface area contributed by atoms with Gasteiger partial charge in [0.1, 0.15) is 6.10 Å². The van der Waals surface area contributed by atoms with Crippen molar-refractivity contribution in [1.82, 2.24) is 10.3 Å². The summed E-state index contributed by atoms with van der Waals surface area (Å²) < 4.78 is 10.9. The zero-order valence-electron chi connectivity index (χ0n) is 13.4. The molecule has 126 valence electrons. The van der Waals surface area contributed by atoms with E-state index in [0.717, 1.165) is 6.42 Å². The average Bonchev–Trinajstić information content (AvgIpc) is 3.00. The summed E-state index contributed by atoms with van der Waals surface area (Å²) in [6, 6.07) is 3.17. The minimum atomic E-state index is -0.884. The second kappa shape index (κ2) is 7.41. The third kappa shape index (κ3) is 4.92. The summed E-state index contributed by atoms with van der Waals surface area (Å²) in [6.07, 6.45) is 2.64. The number of carboxylic acid groups (broad SMARTS) is 1. The molecule has 1 unspecified atom stereocenters. The van der Waals surface area contributed by atoms with E-state index < -0.39 is 11.4 Å². The first kappa shape index (κ1) is 17.2. The van der Waals surface area contributed by atoms with Gasteiger partial charge in [0.05, 0.1) is 18.6 Å². The molecule has 1 amide bonds. The van der Waals surface area contributed by atoms with Crippen molar-refractivity contribution >= 4 is 11.9 Å². The van der Waals surface area contributed by atoms with Crippen LogP contribution in [-0.2, 0) is 9.53 Å². The molecule has 1 aliphatic rings. The van der Waals surface area contributed by atoms with Crippen molar-refractivity contribution in [3.63, 3.8) is 0 Å². The molecule has 2 N–H and O–H groups in total. The third-order valence-corrected chi connectivity index (χ3v) is 3.79. The number of carbonyl (C=O) groups excluding carboxylic acids is 1. The lowest BCUT2D eigenvalue weighted by molar-refractivity contribution is -0.147. The van der Waals surface area contributed by atoms with Crippen LogP contribution in [0.2, 0.25) is 0 Å². The molecule has 2 heterocycles. The van der Waals surface area contributed by atoms with Gasteiger partial charge < -0.3 is 19.9 Å². The molecule has 1 aliphatic heterocycles. The smallest absolute Gasteiger partial charge is 0.309 e. The van der Waals surface area contributed by atoms with Gasteiger partial charge in [-0.2, -0.15) is 0 Å². The molecule has 23 heavy (non-hydrogen) atoms. The van der Waals surface area contributed by atoms with E-state index in [1.807, 2.05) is 0 Å². The lowest BCUT2D eigenvalue weighted by Gasteiger charge is -2.19.